The zero-order valence-corrected chi connectivity index (χ0v) is 23.3. The lowest BCUT2D eigenvalue weighted by Crippen LogP contribution is -2.09. The number of carbonyl (C=O) groups is 3. The second kappa shape index (κ2) is 15.3. The molecule has 1 aliphatic heterocycles. The molecular formula is C33H35NO7. The number of oxime groups is 1. The van der Waals surface area contributed by atoms with Gasteiger partial charge in [-0.2, -0.15) is 0 Å². The first-order valence-corrected chi connectivity index (χ1v) is 13.4. The minimum absolute atomic E-state index is 0.181. The number of rotatable bonds is 13. The molecule has 4 rings (SSSR count). The highest BCUT2D eigenvalue weighted by Gasteiger charge is 2.23. The van der Waals surface area contributed by atoms with Gasteiger partial charge >= 0.3 is 17.9 Å². The van der Waals surface area contributed by atoms with E-state index in [0.717, 1.165) is 40.1 Å². The third-order valence-corrected chi connectivity index (χ3v) is 6.35. The van der Waals surface area contributed by atoms with Crippen molar-refractivity contribution in [3.05, 3.63) is 96.6 Å². The maximum absolute atomic E-state index is 11.5. The van der Waals surface area contributed by atoms with Crippen LogP contribution in [0.15, 0.2) is 96.2 Å². The number of hydrogen-bond donors (Lipinski definition) is 1. The van der Waals surface area contributed by atoms with Gasteiger partial charge in [-0.05, 0) is 66.6 Å². The van der Waals surface area contributed by atoms with Crippen molar-refractivity contribution in [3.63, 3.8) is 0 Å². The Morgan fingerprint density at radius 2 is 1.56 bits per heavy atom. The van der Waals surface area contributed by atoms with Gasteiger partial charge in [0.25, 0.3) is 0 Å². The first kappa shape index (κ1) is 31.0. The fraction of sp³-hybridized carbons (Fsp3) is 0.273. The summed E-state index contributed by atoms with van der Waals surface area (Å²) in [5.74, 6) is -1.88. The molecule has 214 valence electrons. The van der Waals surface area contributed by atoms with Crippen molar-refractivity contribution in [1.29, 1.82) is 0 Å². The number of esters is 1. The van der Waals surface area contributed by atoms with Crippen molar-refractivity contribution in [2.75, 3.05) is 13.2 Å². The molecule has 3 aromatic rings. The lowest BCUT2D eigenvalue weighted by atomic mass is 9.97. The van der Waals surface area contributed by atoms with Gasteiger partial charge in [-0.15, -0.1) is 0 Å². The van der Waals surface area contributed by atoms with Gasteiger partial charge in [-0.1, -0.05) is 73.4 Å². The molecule has 0 aromatic heterocycles. The zero-order chi connectivity index (χ0) is 29.8. The number of ether oxygens (including phenoxy) is 2. The van der Waals surface area contributed by atoms with E-state index in [2.05, 4.69) is 43.1 Å². The van der Waals surface area contributed by atoms with E-state index in [-0.39, 0.29) is 24.3 Å². The summed E-state index contributed by atoms with van der Waals surface area (Å²) in [6.07, 6.45) is 4.95. The number of fused-ring (bicyclic) bond motifs is 2. The molecule has 0 amide bonds. The lowest BCUT2D eigenvalue weighted by molar-refractivity contribution is -0.140. The normalized spacial score (nSPS) is 13.7. The number of benzene rings is 3. The van der Waals surface area contributed by atoms with Gasteiger partial charge in [0.1, 0.15) is 0 Å². The highest BCUT2D eigenvalue weighted by atomic mass is 16.7. The van der Waals surface area contributed by atoms with Crippen LogP contribution in [0.3, 0.4) is 0 Å². The van der Waals surface area contributed by atoms with Crippen molar-refractivity contribution in [3.8, 4) is 0 Å². The topological polar surface area (TPSA) is 115 Å². The number of epoxide rings is 1. The predicted molar refractivity (Wildman–Crippen MR) is 160 cm³/mol. The Labute approximate surface area is 239 Å². The summed E-state index contributed by atoms with van der Waals surface area (Å²) in [4.78, 5) is 38.3. The van der Waals surface area contributed by atoms with E-state index in [1.165, 1.54) is 0 Å². The zero-order valence-electron chi connectivity index (χ0n) is 23.3. The van der Waals surface area contributed by atoms with Gasteiger partial charge in [0.05, 0.1) is 25.5 Å². The monoisotopic (exact) mass is 557 g/mol. The number of aliphatic carboxylic acids is 1. The van der Waals surface area contributed by atoms with Crippen LogP contribution < -0.4 is 0 Å². The quantitative estimate of drug-likeness (QED) is 0.0372. The Morgan fingerprint density at radius 3 is 2.12 bits per heavy atom. The first-order chi connectivity index (χ1) is 19.7. The molecule has 1 fully saturated rings. The minimum Gasteiger partial charge on any atom is -0.478 e. The summed E-state index contributed by atoms with van der Waals surface area (Å²) >= 11 is 0. The van der Waals surface area contributed by atoms with E-state index < -0.39 is 11.9 Å². The third kappa shape index (κ3) is 9.85. The molecule has 3 aromatic carbocycles. The van der Waals surface area contributed by atoms with Gasteiger partial charge in [0.15, 0.2) is 0 Å². The largest absolute Gasteiger partial charge is 0.478 e. The Morgan fingerprint density at radius 1 is 0.951 bits per heavy atom. The molecule has 1 N–H and O–H groups in total. The summed E-state index contributed by atoms with van der Waals surface area (Å²) < 4.78 is 10.1. The summed E-state index contributed by atoms with van der Waals surface area (Å²) in [7, 11) is 0. The lowest BCUT2D eigenvalue weighted by Gasteiger charge is -2.07. The Bertz CT molecular complexity index is 1430. The van der Waals surface area contributed by atoms with Crippen molar-refractivity contribution in [2.24, 2.45) is 5.16 Å². The van der Waals surface area contributed by atoms with E-state index >= 15 is 0 Å². The maximum atomic E-state index is 11.5. The molecule has 0 saturated carbocycles. The van der Waals surface area contributed by atoms with E-state index in [4.69, 9.17) is 19.4 Å². The van der Waals surface area contributed by atoms with Gasteiger partial charge in [-0.25, -0.2) is 14.4 Å². The van der Waals surface area contributed by atoms with Gasteiger partial charge in [0, 0.05) is 22.3 Å². The van der Waals surface area contributed by atoms with Crippen LogP contribution in [0.2, 0.25) is 0 Å². The molecule has 41 heavy (non-hydrogen) atoms. The van der Waals surface area contributed by atoms with Crippen molar-refractivity contribution < 1.29 is 33.8 Å². The fourth-order valence-electron chi connectivity index (χ4n) is 3.88. The second-order valence-corrected chi connectivity index (χ2v) is 9.73. The second-order valence-electron chi connectivity index (χ2n) is 9.73. The number of nitrogens with zero attached hydrogens (tertiary/aromatic N) is 1. The predicted octanol–water partition coefficient (Wildman–Crippen LogP) is 6.52. The average Bonchev–Trinajstić information content (AvgIpc) is 3.80. The Hall–Kier alpha value is -4.56. The summed E-state index contributed by atoms with van der Waals surface area (Å²) in [5.41, 5.74) is 1.90. The van der Waals surface area contributed by atoms with Gasteiger partial charge in [-0.3, -0.25) is 0 Å². The molecule has 1 saturated heterocycles. The highest BCUT2D eigenvalue weighted by molar-refractivity contribution is 6.13. The van der Waals surface area contributed by atoms with E-state index in [9.17, 15) is 14.4 Å². The van der Waals surface area contributed by atoms with E-state index in [1.807, 2.05) is 36.4 Å². The average molecular weight is 558 g/mol. The van der Waals surface area contributed by atoms with Crippen LogP contribution in [0.5, 0.6) is 0 Å². The fourth-order valence-corrected chi connectivity index (χ4v) is 3.88. The molecular weight excluding hydrogens is 522 g/mol. The van der Waals surface area contributed by atoms with Gasteiger partial charge in [0.2, 0.25) is 0 Å². The van der Waals surface area contributed by atoms with Crippen LogP contribution in [0, 0.1) is 0 Å². The SMILES string of the molecule is C=C(C)C(=O)ON=Cc1c2ccccc2cc2ccccc12.C=C(CCCCOC(=O)C(=C)CCC1CO1)C(=O)O. The molecule has 0 radical (unpaired) electrons. The standard InChI is InChI=1S/C19H15NO2.C14H20O5/c1-13(2)19(21)22-20-12-18-16-9-5-3-7-14(16)11-15-8-4-6-10-17(15)18;1-10(13(15)16)5-3-4-8-18-14(17)11(2)6-7-12-9-19-12/h3-12H,1H2,2H3;12H,1-9H2,(H,15,16). The molecule has 0 aliphatic carbocycles. The molecule has 1 aliphatic rings. The van der Waals surface area contributed by atoms with Crippen LogP contribution >= 0.6 is 0 Å². The summed E-state index contributed by atoms with van der Waals surface area (Å²) in [5, 5.41) is 16.8. The minimum atomic E-state index is -0.979. The molecule has 0 bridgehead atoms. The number of unbranched alkanes of at least 4 members (excludes halogenated alkanes) is 1. The van der Waals surface area contributed by atoms with Crippen LogP contribution in [-0.4, -0.2) is 48.5 Å². The van der Waals surface area contributed by atoms with Crippen molar-refractivity contribution >= 4 is 45.7 Å². The Kier molecular flexibility index (Phi) is 11.5. The van der Waals surface area contributed by atoms with Gasteiger partial charge < -0.3 is 19.4 Å². The number of hydrogen-bond acceptors (Lipinski definition) is 7. The first-order valence-electron chi connectivity index (χ1n) is 13.4. The molecule has 8 heteroatoms. The van der Waals surface area contributed by atoms with Crippen LogP contribution in [-0.2, 0) is 28.7 Å². The summed E-state index contributed by atoms with van der Waals surface area (Å²) in [6.45, 7) is 13.3. The molecule has 8 nitrogen and oxygen atoms in total. The highest BCUT2D eigenvalue weighted by Crippen LogP contribution is 2.27. The molecule has 0 spiro atoms. The van der Waals surface area contributed by atoms with Crippen molar-refractivity contribution in [1.82, 2.24) is 0 Å². The number of carbonyl (C=O) groups excluding carboxylic acids is 2. The smallest absolute Gasteiger partial charge is 0.360 e. The van der Waals surface area contributed by atoms with E-state index in [0.29, 0.717) is 36.8 Å². The van der Waals surface area contributed by atoms with Crippen LogP contribution in [0.1, 0.15) is 44.6 Å². The van der Waals surface area contributed by atoms with Crippen molar-refractivity contribution in [2.45, 2.75) is 45.1 Å². The third-order valence-electron chi connectivity index (χ3n) is 6.35. The maximum Gasteiger partial charge on any atom is 0.360 e. The Balaban J connectivity index is 0.000000229. The van der Waals surface area contributed by atoms with E-state index in [1.54, 1.807) is 13.1 Å². The molecule has 1 unspecified atom stereocenters. The number of carboxylic acids is 1. The number of carboxylic acid groups (broad SMARTS) is 1. The summed E-state index contributed by atoms with van der Waals surface area (Å²) in [6, 6.07) is 18.3. The molecule has 1 heterocycles. The van der Waals surface area contributed by atoms with Crippen LogP contribution in [0.4, 0.5) is 0 Å². The van der Waals surface area contributed by atoms with Crippen LogP contribution in [0.25, 0.3) is 21.5 Å². The molecule has 1 atom stereocenters.